The van der Waals surface area contributed by atoms with Crippen LogP contribution in [0, 0.1) is 10.1 Å². The highest BCUT2D eigenvalue weighted by Gasteiger charge is 2.39. The van der Waals surface area contributed by atoms with Gasteiger partial charge in [0.05, 0.1) is 10.5 Å². The van der Waals surface area contributed by atoms with Crippen LogP contribution in [0.4, 0.5) is 5.69 Å². The Hall–Kier alpha value is -3.45. The summed E-state index contributed by atoms with van der Waals surface area (Å²) in [6.45, 7) is 1.82. The smallest absolute Gasteiger partial charge is 0.337 e. The fourth-order valence-corrected chi connectivity index (χ4v) is 4.42. The summed E-state index contributed by atoms with van der Waals surface area (Å²) in [6.07, 6.45) is 1.73. The molecule has 0 saturated heterocycles. The zero-order valence-corrected chi connectivity index (χ0v) is 18.1. The van der Waals surface area contributed by atoms with Gasteiger partial charge < -0.3 is 10.1 Å². The van der Waals surface area contributed by atoms with Gasteiger partial charge in [-0.05, 0) is 37.0 Å². The van der Waals surface area contributed by atoms with Crippen molar-refractivity contribution in [2.24, 2.45) is 0 Å². The Balaban J connectivity index is 1.77. The number of esters is 1. The molecule has 1 N–H and O–H groups in total. The first-order valence-corrected chi connectivity index (χ1v) is 10.6. The van der Waals surface area contributed by atoms with Gasteiger partial charge in [0.15, 0.2) is 5.78 Å². The molecule has 32 heavy (non-hydrogen) atoms. The second-order valence-corrected chi connectivity index (χ2v) is 8.20. The van der Waals surface area contributed by atoms with Crippen LogP contribution in [0.15, 0.2) is 71.1 Å². The molecule has 1 atom stereocenters. The van der Waals surface area contributed by atoms with Gasteiger partial charge in [0, 0.05) is 35.4 Å². The van der Waals surface area contributed by atoms with Gasteiger partial charge in [0.1, 0.15) is 11.6 Å². The molecule has 0 radical (unpaired) electrons. The molecule has 1 aliphatic heterocycles. The van der Waals surface area contributed by atoms with Gasteiger partial charge in [-0.3, -0.25) is 14.9 Å². The van der Waals surface area contributed by atoms with Crippen LogP contribution in [-0.4, -0.2) is 16.7 Å². The van der Waals surface area contributed by atoms with Crippen LogP contribution in [0.1, 0.15) is 43.2 Å². The van der Waals surface area contributed by atoms with E-state index in [2.05, 4.69) is 5.32 Å². The van der Waals surface area contributed by atoms with Gasteiger partial charge in [0.2, 0.25) is 0 Å². The van der Waals surface area contributed by atoms with E-state index in [1.54, 1.807) is 13.0 Å². The Kier molecular flexibility index (Phi) is 6.10. The molecule has 0 fully saturated rings. The SMILES string of the molecule is CC1=C(C(=O)OCc2ccccc2)[C@H](c2ccc(Cl)c([N+](=O)[O-])c2)C2=C(CCCC2=O)N1. The molecule has 0 amide bonds. The largest absolute Gasteiger partial charge is 0.457 e. The van der Waals surface area contributed by atoms with E-state index in [1.807, 2.05) is 30.3 Å². The predicted molar refractivity (Wildman–Crippen MR) is 119 cm³/mol. The average Bonchev–Trinajstić information content (AvgIpc) is 2.77. The summed E-state index contributed by atoms with van der Waals surface area (Å²) in [5, 5.41) is 14.7. The number of carbonyl (C=O) groups is 2. The maximum Gasteiger partial charge on any atom is 0.337 e. The van der Waals surface area contributed by atoms with Gasteiger partial charge in [-0.1, -0.05) is 48.0 Å². The van der Waals surface area contributed by atoms with Crippen molar-refractivity contribution < 1.29 is 19.2 Å². The zero-order valence-electron chi connectivity index (χ0n) is 17.4. The van der Waals surface area contributed by atoms with E-state index in [4.69, 9.17) is 16.3 Å². The first kappa shape index (κ1) is 21.8. The number of dihydropyridines is 1. The summed E-state index contributed by atoms with van der Waals surface area (Å²) in [5.41, 5.74) is 3.06. The van der Waals surface area contributed by atoms with Crippen molar-refractivity contribution >= 4 is 29.0 Å². The van der Waals surface area contributed by atoms with Gasteiger partial charge >= 0.3 is 5.97 Å². The minimum atomic E-state index is -0.765. The number of ether oxygens (including phenoxy) is 1. The Morgan fingerprint density at radius 2 is 1.97 bits per heavy atom. The summed E-state index contributed by atoms with van der Waals surface area (Å²) in [4.78, 5) is 37.0. The van der Waals surface area contributed by atoms with E-state index in [0.29, 0.717) is 36.1 Å². The van der Waals surface area contributed by atoms with Gasteiger partial charge in [-0.2, -0.15) is 0 Å². The second-order valence-electron chi connectivity index (χ2n) is 7.80. The topological polar surface area (TPSA) is 98.5 Å². The number of hydrogen-bond acceptors (Lipinski definition) is 6. The average molecular weight is 453 g/mol. The van der Waals surface area contributed by atoms with Crippen LogP contribution in [0.5, 0.6) is 0 Å². The predicted octanol–water partition coefficient (Wildman–Crippen LogP) is 4.96. The van der Waals surface area contributed by atoms with Crippen LogP contribution in [0.25, 0.3) is 0 Å². The molecule has 1 heterocycles. The van der Waals surface area contributed by atoms with Crippen LogP contribution in [0.2, 0.25) is 5.02 Å². The monoisotopic (exact) mass is 452 g/mol. The van der Waals surface area contributed by atoms with E-state index in [1.165, 1.54) is 12.1 Å². The molecule has 0 saturated carbocycles. The summed E-state index contributed by atoms with van der Waals surface area (Å²) in [5.74, 6) is -1.42. The minimum absolute atomic E-state index is 0.00855. The van der Waals surface area contributed by atoms with E-state index >= 15 is 0 Å². The first-order valence-electron chi connectivity index (χ1n) is 10.3. The molecule has 2 aliphatic rings. The number of Topliss-reactive ketones (excluding diaryl/α,β-unsaturated/α-hetero) is 1. The van der Waals surface area contributed by atoms with E-state index < -0.39 is 16.8 Å². The Morgan fingerprint density at radius 3 is 2.69 bits per heavy atom. The molecule has 7 nitrogen and oxygen atoms in total. The molecular formula is C24H21ClN2O5. The van der Waals surface area contributed by atoms with Crippen LogP contribution >= 0.6 is 11.6 Å². The van der Waals surface area contributed by atoms with Crippen molar-refractivity contribution in [3.05, 3.63) is 97.3 Å². The number of hydrogen-bond donors (Lipinski definition) is 1. The number of carbonyl (C=O) groups excluding carboxylic acids is 2. The highest BCUT2D eigenvalue weighted by Crippen LogP contribution is 2.44. The number of nitrogens with zero attached hydrogens (tertiary/aromatic N) is 1. The van der Waals surface area contributed by atoms with Crippen molar-refractivity contribution in [1.82, 2.24) is 5.32 Å². The van der Waals surface area contributed by atoms with Crippen molar-refractivity contribution in [2.45, 2.75) is 38.7 Å². The van der Waals surface area contributed by atoms with Crippen LogP contribution in [0.3, 0.4) is 0 Å². The molecule has 8 heteroatoms. The third-order valence-corrected chi connectivity index (χ3v) is 6.03. The van der Waals surface area contributed by atoms with Crippen LogP contribution < -0.4 is 5.32 Å². The number of nitrogens with one attached hydrogen (secondary N) is 1. The molecule has 0 unspecified atom stereocenters. The second kappa shape index (κ2) is 8.96. The molecule has 4 rings (SSSR count). The quantitative estimate of drug-likeness (QED) is 0.391. The molecule has 2 aromatic carbocycles. The molecule has 0 spiro atoms. The number of halogens is 1. The molecule has 0 bridgehead atoms. The number of benzene rings is 2. The number of rotatable bonds is 5. The first-order chi connectivity index (χ1) is 15.4. The van der Waals surface area contributed by atoms with Gasteiger partial charge in [-0.25, -0.2) is 4.79 Å². The minimum Gasteiger partial charge on any atom is -0.457 e. The van der Waals surface area contributed by atoms with Crippen molar-refractivity contribution in [2.75, 3.05) is 0 Å². The molecular weight excluding hydrogens is 432 g/mol. The normalized spacial score (nSPS) is 18.2. The highest BCUT2D eigenvalue weighted by molar-refractivity contribution is 6.32. The number of allylic oxidation sites excluding steroid dienone is 3. The lowest BCUT2D eigenvalue weighted by molar-refractivity contribution is -0.384. The Morgan fingerprint density at radius 1 is 1.22 bits per heavy atom. The molecule has 1 aliphatic carbocycles. The maximum atomic E-state index is 13.2. The van der Waals surface area contributed by atoms with E-state index in [9.17, 15) is 19.7 Å². The lowest BCUT2D eigenvalue weighted by atomic mass is 9.75. The van der Waals surface area contributed by atoms with Gasteiger partial charge in [0.25, 0.3) is 5.69 Å². The third kappa shape index (κ3) is 4.16. The molecule has 164 valence electrons. The number of nitro groups is 1. The highest BCUT2D eigenvalue weighted by atomic mass is 35.5. The summed E-state index contributed by atoms with van der Waals surface area (Å²) in [6, 6.07) is 13.6. The molecule has 2 aromatic rings. The summed E-state index contributed by atoms with van der Waals surface area (Å²) >= 11 is 6.00. The lowest BCUT2D eigenvalue weighted by Gasteiger charge is -2.34. The summed E-state index contributed by atoms with van der Waals surface area (Å²) < 4.78 is 5.58. The van der Waals surface area contributed by atoms with Crippen molar-refractivity contribution in [1.29, 1.82) is 0 Å². The standard InChI is InChI=1S/C24H21ClN2O5/c1-14-21(24(29)32-13-15-6-3-2-4-7-15)22(23-18(26-14)8-5-9-20(23)28)16-10-11-17(25)19(12-16)27(30)31/h2-4,6-7,10-12,22,26H,5,8-9,13H2,1H3/t22-/m0/s1. The van der Waals surface area contributed by atoms with Crippen molar-refractivity contribution in [3.63, 3.8) is 0 Å². The number of ketones is 1. The fourth-order valence-electron chi connectivity index (χ4n) is 4.24. The van der Waals surface area contributed by atoms with Crippen molar-refractivity contribution in [3.8, 4) is 0 Å². The van der Waals surface area contributed by atoms with E-state index in [-0.39, 0.29) is 28.7 Å². The number of nitro benzene ring substituents is 1. The molecule has 0 aromatic heterocycles. The fraction of sp³-hybridized carbons (Fsp3) is 0.250. The lowest BCUT2D eigenvalue weighted by Crippen LogP contribution is -2.34. The zero-order chi connectivity index (χ0) is 22.8. The maximum absolute atomic E-state index is 13.2. The summed E-state index contributed by atoms with van der Waals surface area (Å²) in [7, 11) is 0. The Bertz CT molecular complexity index is 1170. The van der Waals surface area contributed by atoms with Gasteiger partial charge in [-0.15, -0.1) is 0 Å². The third-order valence-electron chi connectivity index (χ3n) is 5.71. The van der Waals surface area contributed by atoms with E-state index in [0.717, 1.165) is 11.3 Å². The van der Waals surface area contributed by atoms with Crippen LogP contribution in [-0.2, 0) is 20.9 Å². The Labute approximate surface area is 189 Å².